The van der Waals surface area contributed by atoms with Crippen molar-refractivity contribution in [1.82, 2.24) is 9.62 Å². The molecule has 10 heteroatoms. The normalized spacial score (nSPS) is 16.8. The van der Waals surface area contributed by atoms with Crippen LogP contribution in [0.2, 0.25) is 0 Å². The van der Waals surface area contributed by atoms with E-state index in [4.69, 9.17) is 9.47 Å². The van der Waals surface area contributed by atoms with E-state index < -0.39 is 34.5 Å². The summed E-state index contributed by atoms with van der Waals surface area (Å²) >= 11 is 0. The SMILES string of the molecule is CCOC(=O)CCCNC(=O)COC(=O)[C@@H]1CCCN1S(=O)(=O)c1ccc(C)cc1. The molecular formula is C20H28N2O7S. The second-order valence-corrected chi connectivity index (χ2v) is 8.84. The quantitative estimate of drug-likeness (QED) is 0.428. The van der Waals surface area contributed by atoms with Gasteiger partial charge in [0.05, 0.1) is 11.5 Å². The minimum absolute atomic E-state index is 0.118. The van der Waals surface area contributed by atoms with Crippen LogP contribution >= 0.6 is 0 Å². The van der Waals surface area contributed by atoms with E-state index in [1.807, 2.05) is 6.92 Å². The number of hydrogen-bond donors (Lipinski definition) is 1. The molecule has 0 unspecified atom stereocenters. The molecule has 0 bridgehead atoms. The number of rotatable bonds is 10. The fourth-order valence-corrected chi connectivity index (χ4v) is 4.73. The molecule has 1 aromatic carbocycles. The third-order valence-corrected chi connectivity index (χ3v) is 6.56. The molecule has 0 aromatic heterocycles. The monoisotopic (exact) mass is 440 g/mol. The molecule has 1 aliphatic rings. The van der Waals surface area contributed by atoms with E-state index in [9.17, 15) is 22.8 Å². The predicted octanol–water partition coefficient (Wildman–Crippen LogP) is 1.15. The molecule has 9 nitrogen and oxygen atoms in total. The highest BCUT2D eigenvalue weighted by Gasteiger charge is 2.40. The van der Waals surface area contributed by atoms with Gasteiger partial charge < -0.3 is 14.8 Å². The van der Waals surface area contributed by atoms with Gasteiger partial charge in [0.25, 0.3) is 5.91 Å². The molecule has 1 N–H and O–H groups in total. The van der Waals surface area contributed by atoms with E-state index in [0.717, 1.165) is 9.87 Å². The molecule has 1 heterocycles. The maximum Gasteiger partial charge on any atom is 0.324 e. The molecule has 1 amide bonds. The standard InChI is InChI=1S/C20H28N2O7S/c1-3-28-19(24)7-4-12-21-18(23)14-29-20(25)17-6-5-13-22(17)30(26,27)16-10-8-15(2)9-11-16/h8-11,17H,3-7,12-14H2,1-2H3,(H,21,23)/t17-/m0/s1. The summed E-state index contributed by atoms with van der Waals surface area (Å²) in [4.78, 5) is 35.6. The molecule has 0 aliphatic carbocycles. The van der Waals surface area contributed by atoms with Gasteiger partial charge in [-0.2, -0.15) is 4.31 Å². The van der Waals surface area contributed by atoms with Crippen molar-refractivity contribution < 1.29 is 32.3 Å². The minimum Gasteiger partial charge on any atom is -0.466 e. The summed E-state index contributed by atoms with van der Waals surface area (Å²) in [5.41, 5.74) is 0.930. The first-order valence-corrected chi connectivity index (χ1v) is 11.4. The lowest BCUT2D eigenvalue weighted by Gasteiger charge is -2.22. The van der Waals surface area contributed by atoms with E-state index in [0.29, 0.717) is 25.9 Å². The topological polar surface area (TPSA) is 119 Å². The Balaban J connectivity index is 1.83. The highest BCUT2D eigenvalue weighted by Crippen LogP contribution is 2.27. The van der Waals surface area contributed by atoms with Gasteiger partial charge in [-0.1, -0.05) is 17.7 Å². The number of nitrogens with one attached hydrogen (secondary N) is 1. The Kier molecular flexibility index (Phi) is 8.79. The summed E-state index contributed by atoms with van der Waals surface area (Å²) in [6.45, 7) is 3.83. The van der Waals surface area contributed by atoms with E-state index in [1.165, 1.54) is 12.1 Å². The Hall–Kier alpha value is -2.46. The lowest BCUT2D eigenvalue weighted by molar-refractivity contribution is -0.151. The lowest BCUT2D eigenvalue weighted by atomic mass is 10.2. The number of aryl methyl sites for hydroxylation is 1. The van der Waals surface area contributed by atoms with Gasteiger partial charge in [0.2, 0.25) is 10.0 Å². The molecule has 1 atom stereocenters. The zero-order valence-electron chi connectivity index (χ0n) is 17.3. The van der Waals surface area contributed by atoms with Gasteiger partial charge in [0, 0.05) is 19.5 Å². The van der Waals surface area contributed by atoms with Crippen LogP contribution in [0, 0.1) is 6.92 Å². The first-order chi connectivity index (χ1) is 14.3. The summed E-state index contributed by atoms with van der Waals surface area (Å²) < 4.78 is 36.7. The average molecular weight is 441 g/mol. The molecule has 30 heavy (non-hydrogen) atoms. The largest absolute Gasteiger partial charge is 0.466 e. The number of sulfonamides is 1. The van der Waals surface area contributed by atoms with Gasteiger partial charge in [0.15, 0.2) is 6.61 Å². The molecule has 0 spiro atoms. The second-order valence-electron chi connectivity index (χ2n) is 6.95. The zero-order chi connectivity index (χ0) is 22.1. The fraction of sp³-hybridized carbons (Fsp3) is 0.550. The van der Waals surface area contributed by atoms with E-state index >= 15 is 0 Å². The van der Waals surface area contributed by atoms with E-state index in [2.05, 4.69) is 5.32 Å². The second kappa shape index (κ2) is 11.1. The first-order valence-electron chi connectivity index (χ1n) is 9.93. The van der Waals surface area contributed by atoms with Crippen molar-refractivity contribution in [3.05, 3.63) is 29.8 Å². The van der Waals surface area contributed by atoms with Crippen LogP contribution in [0.25, 0.3) is 0 Å². The Labute approximate surface area is 176 Å². The van der Waals surface area contributed by atoms with Gasteiger partial charge in [-0.25, -0.2) is 8.42 Å². The molecule has 0 saturated carbocycles. The van der Waals surface area contributed by atoms with E-state index in [1.54, 1.807) is 19.1 Å². The summed E-state index contributed by atoms with van der Waals surface area (Å²) in [7, 11) is -3.83. The zero-order valence-corrected chi connectivity index (χ0v) is 18.1. The molecule has 1 aromatic rings. The highest BCUT2D eigenvalue weighted by molar-refractivity contribution is 7.89. The number of esters is 2. The van der Waals surface area contributed by atoms with Crippen molar-refractivity contribution in [3.8, 4) is 0 Å². The lowest BCUT2D eigenvalue weighted by Crippen LogP contribution is -2.42. The van der Waals surface area contributed by atoms with Gasteiger partial charge in [-0.05, 0) is 45.2 Å². The van der Waals surface area contributed by atoms with Crippen LogP contribution in [0.4, 0.5) is 0 Å². The van der Waals surface area contributed by atoms with E-state index in [-0.39, 0.29) is 30.4 Å². The van der Waals surface area contributed by atoms with Gasteiger partial charge in [-0.3, -0.25) is 14.4 Å². The number of carbonyl (C=O) groups excluding carboxylic acids is 3. The maximum absolute atomic E-state index is 12.9. The molecule has 1 aliphatic heterocycles. The predicted molar refractivity (Wildman–Crippen MR) is 108 cm³/mol. The third kappa shape index (κ3) is 6.53. The number of carbonyl (C=O) groups is 3. The Morgan fingerprint density at radius 1 is 1.17 bits per heavy atom. The molecule has 1 fully saturated rings. The van der Waals surface area contributed by atoms with Crippen molar-refractivity contribution in [3.63, 3.8) is 0 Å². The van der Waals surface area contributed by atoms with Gasteiger partial charge in [0.1, 0.15) is 6.04 Å². The number of ether oxygens (including phenoxy) is 2. The first kappa shape index (κ1) is 23.8. The Morgan fingerprint density at radius 2 is 1.87 bits per heavy atom. The summed E-state index contributed by atoms with van der Waals surface area (Å²) in [5.74, 6) is -1.60. The van der Waals surface area contributed by atoms with Crippen LogP contribution in [0.15, 0.2) is 29.2 Å². The van der Waals surface area contributed by atoms with Crippen LogP contribution < -0.4 is 5.32 Å². The van der Waals surface area contributed by atoms with Crippen LogP contribution in [0.5, 0.6) is 0 Å². The summed E-state index contributed by atoms with van der Waals surface area (Å²) in [6, 6.07) is 5.46. The van der Waals surface area contributed by atoms with Gasteiger partial charge in [-0.15, -0.1) is 0 Å². The smallest absolute Gasteiger partial charge is 0.324 e. The van der Waals surface area contributed by atoms with Crippen molar-refractivity contribution in [2.24, 2.45) is 0 Å². The summed E-state index contributed by atoms with van der Waals surface area (Å²) in [6.07, 6.45) is 1.46. The third-order valence-electron chi connectivity index (χ3n) is 4.63. The van der Waals surface area contributed by atoms with Crippen LogP contribution in [-0.2, 0) is 33.9 Å². The number of nitrogens with zero attached hydrogens (tertiary/aromatic N) is 1. The van der Waals surface area contributed by atoms with Crippen LogP contribution in [-0.4, -0.2) is 62.9 Å². The van der Waals surface area contributed by atoms with Crippen LogP contribution in [0.1, 0.15) is 38.2 Å². The van der Waals surface area contributed by atoms with Crippen molar-refractivity contribution >= 4 is 27.9 Å². The number of amides is 1. The van der Waals surface area contributed by atoms with Gasteiger partial charge >= 0.3 is 11.9 Å². The molecular weight excluding hydrogens is 412 g/mol. The fourth-order valence-electron chi connectivity index (χ4n) is 3.09. The molecule has 1 saturated heterocycles. The number of benzene rings is 1. The molecule has 166 valence electrons. The van der Waals surface area contributed by atoms with Crippen molar-refractivity contribution in [2.45, 2.75) is 50.5 Å². The Morgan fingerprint density at radius 3 is 2.53 bits per heavy atom. The summed E-state index contributed by atoms with van der Waals surface area (Å²) in [5, 5.41) is 2.54. The number of hydrogen-bond acceptors (Lipinski definition) is 7. The van der Waals surface area contributed by atoms with Crippen molar-refractivity contribution in [2.75, 3.05) is 26.3 Å². The highest BCUT2D eigenvalue weighted by atomic mass is 32.2. The Bertz CT molecular complexity index is 852. The molecule has 2 rings (SSSR count). The maximum atomic E-state index is 12.9. The average Bonchev–Trinajstić information content (AvgIpc) is 3.21. The van der Waals surface area contributed by atoms with Crippen LogP contribution in [0.3, 0.4) is 0 Å². The minimum atomic E-state index is -3.83. The van der Waals surface area contributed by atoms with Crippen molar-refractivity contribution in [1.29, 1.82) is 0 Å². The molecule has 0 radical (unpaired) electrons.